The molecule has 0 fully saturated rings. The Kier molecular flexibility index (Phi) is 5.86. The highest BCUT2D eigenvalue weighted by Gasteiger charge is 2.20. The zero-order valence-corrected chi connectivity index (χ0v) is 8.64. The number of hydrogen-bond donors (Lipinski definition) is 0. The van der Waals surface area contributed by atoms with Crippen molar-refractivity contribution in [2.45, 2.75) is 6.29 Å². The Labute approximate surface area is 82.6 Å². The van der Waals surface area contributed by atoms with E-state index in [-0.39, 0.29) is 5.57 Å². The van der Waals surface area contributed by atoms with Gasteiger partial charge in [0.05, 0.1) is 7.11 Å². The molecule has 0 aromatic carbocycles. The first kappa shape index (κ1) is 12.9. The summed E-state index contributed by atoms with van der Waals surface area (Å²) < 4.78 is 14.1. The number of hydrogen-bond acceptors (Lipinski definition) is 6. The van der Waals surface area contributed by atoms with Gasteiger partial charge in [-0.1, -0.05) is 0 Å². The van der Waals surface area contributed by atoms with Crippen molar-refractivity contribution in [2.75, 3.05) is 28.4 Å². The standard InChI is InChI=1S/C8H14NO5/c1-9(11)5-6(7(10)12-2)8(13-3)14-4/h5,8H,1-4H3/q-1/b6-5+. The Morgan fingerprint density at radius 3 is 2.14 bits per heavy atom. The van der Waals surface area contributed by atoms with Crippen molar-refractivity contribution in [3.8, 4) is 0 Å². The first-order chi connectivity index (χ1) is 6.56. The maximum Gasteiger partial charge on any atom is 0.340 e. The highest BCUT2D eigenvalue weighted by molar-refractivity contribution is 5.89. The summed E-state index contributed by atoms with van der Waals surface area (Å²) in [6.07, 6.45) is 0.141. The molecular weight excluding hydrogens is 190 g/mol. The molecule has 6 heteroatoms. The van der Waals surface area contributed by atoms with Crippen LogP contribution in [-0.2, 0) is 19.0 Å². The van der Waals surface area contributed by atoms with E-state index >= 15 is 0 Å². The van der Waals surface area contributed by atoms with Gasteiger partial charge in [0.25, 0.3) is 0 Å². The van der Waals surface area contributed by atoms with E-state index in [0.717, 1.165) is 6.20 Å². The number of carbonyl (C=O) groups excluding carboxylic acids is 1. The van der Waals surface area contributed by atoms with Crippen LogP contribution in [0.15, 0.2) is 11.8 Å². The Balaban J connectivity index is 4.79. The van der Waals surface area contributed by atoms with Crippen molar-refractivity contribution < 1.29 is 19.0 Å². The minimum absolute atomic E-state index is 0.00926. The molecule has 0 atom stereocenters. The fraction of sp³-hybridized carbons (Fsp3) is 0.625. The smallest absolute Gasteiger partial charge is 0.340 e. The number of methoxy groups -OCH3 is 3. The van der Waals surface area contributed by atoms with E-state index in [0.29, 0.717) is 5.06 Å². The molecule has 0 aliphatic rings. The van der Waals surface area contributed by atoms with Crippen molar-refractivity contribution in [3.05, 3.63) is 17.0 Å². The molecule has 0 saturated heterocycles. The topological polar surface area (TPSA) is 71.1 Å². The number of carbonyl (C=O) groups is 1. The van der Waals surface area contributed by atoms with E-state index in [1.807, 2.05) is 0 Å². The third-order valence-corrected chi connectivity index (χ3v) is 1.42. The lowest BCUT2D eigenvalue weighted by Gasteiger charge is -2.23. The molecule has 6 nitrogen and oxygen atoms in total. The van der Waals surface area contributed by atoms with Crippen molar-refractivity contribution in [2.24, 2.45) is 0 Å². The largest absolute Gasteiger partial charge is 0.759 e. The van der Waals surface area contributed by atoms with Crippen molar-refractivity contribution in [3.63, 3.8) is 0 Å². The maximum absolute atomic E-state index is 11.2. The summed E-state index contributed by atoms with van der Waals surface area (Å²) in [7, 11) is 5.17. The van der Waals surface area contributed by atoms with Crippen LogP contribution in [0.25, 0.3) is 0 Å². The lowest BCUT2D eigenvalue weighted by Crippen LogP contribution is -2.25. The molecule has 82 valence electrons. The Morgan fingerprint density at radius 1 is 1.36 bits per heavy atom. The van der Waals surface area contributed by atoms with E-state index in [4.69, 9.17) is 9.47 Å². The fourth-order valence-corrected chi connectivity index (χ4v) is 0.874. The number of rotatable bonds is 5. The molecule has 0 unspecified atom stereocenters. The maximum atomic E-state index is 11.2. The second-order valence-corrected chi connectivity index (χ2v) is 2.43. The fourth-order valence-electron chi connectivity index (χ4n) is 0.874. The summed E-state index contributed by atoms with van der Waals surface area (Å²) in [6, 6.07) is 0. The summed E-state index contributed by atoms with van der Waals surface area (Å²) in [5, 5.41) is 11.2. The zero-order valence-electron chi connectivity index (χ0n) is 8.64. The van der Waals surface area contributed by atoms with Gasteiger partial charge in [-0.3, -0.25) is 0 Å². The molecule has 0 bridgehead atoms. The monoisotopic (exact) mass is 204 g/mol. The molecule has 0 saturated carbocycles. The second kappa shape index (κ2) is 6.36. The van der Waals surface area contributed by atoms with E-state index in [2.05, 4.69) is 4.74 Å². The molecule has 0 aromatic heterocycles. The Morgan fingerprint density at radius 2 is 1.86 bits per heavy atom. The van der Waals surface area contributed by atoms with Gasteiger partial charge < -0.3 is 24.5 Å². The molecule has 0 aromatic rings. The average molecular weight is 204 g/mol. The molecule has 0 aliphatic heterocycles. The van der Waals surface area contributed by atoms with E-state index < -0.39 is 12.3 Å². The van der Waals surface area contributed by atoms with Crippen LogP contribution < -0.4 is 0 Å². The average Bonchev–Trinajstić information content (AvgIpc) is 2.16. The highest BCUT2D eigenvalue weighted by atomic mass is 16.7. The molecule has 0 aliphatic carbocycles. The predicted molar refractivity (Wildman–Crippen MR) is 49.0 cm³/mol. The molecule has 14 heavy (non-hydrogen) atoms. The van der Waals surface area contributed by atoms with Crippen LogP contribution in [0.2, 0.25) is 0 Å². The quantitative estimate of drug-likeness (QED) is 0.273. The SMILES string of the molecule is COC(=O)/C(=C\N(C)[O-])C(OC)OC. The van der Waals surface area contributed by atoms with Gasteiger partial charge in [0.1, 0.15) is 5.57 Å². The number of hydroxylamine groups is 2. The van der Waals surface area contributed by atoms with Gasteiger partial charge in [0.15, 0.2) is 6.29 Å². The van der Waals surface area contributed by atoms with Crippen LogP contribution in [0.3, 0.4) is 0 Å². The molecule has 0 heterocycles. The molecule has 0 spiro atoms. The number of ether oxygens (including phenoxy) is 3. The Bertz CT molecular complexity index is 210. The second-order valence-electron chi connectivity index (χ2n) is 2.43. The van der Waals surface area contributed by atoms with Crippen LogP contribution >= 0.6 is 0 Å². The van der Waals surface area contributed by atoms with Gasteiger partial charge >= 0.3 is 5.97 Å². The number of nitrogens with zero attached hydrogens (tertiary/aromatic N) is 1. The van der Waals surface area contributed by atoms with Crippen LogP contribution in [-0.4, -0.2) is 45.7 Å². The van der Waals surface area contributed by atoms with Crippen molar-refractivity contribution in [1.82, 2.24) is 5.06 Å². The highest BCUT2D eigenvalue weighted by Crippen LogP contribution is 2.09. The molecule has 0 rings (SSSR count). The van der Waals surface area contributed by atoms with Gasteiger partial charge in [-0.15, -0.1) is 0 Å². The van der Waals surface area contributed by atoms with Crippen molar-refractivity contribution >= 4 is 5.97 Å². The summed E-state index contributed by atoms with van der Waals surface area (Å²) in [5.74, 6) is -0.665. The van der Waals surface area contributed by atoms with Crippen LogP contribution in [0, 0.1) is 5.21 Å². The van der Waals surface area contributed by atoms with Crippen LogP contribution in [0.4, 0.5) is 0 Å². The van der Waals surface area contributed by atoms with Gasteiger partial charge in [0.2, 0.25) is 0 Å². The van der Waals surface area contributed by atoms with Crippen molar-refractivity contribution in [1.29, 1.82) is 0 Å². The first-order valence-corrected chi connectivity index (χ1v) is 3.82. The lowest BCUT2D eigenvalue weighted by molar-refractivity contribution is -0.143. The molecule has 0 N–H and O–H groups in total. The van der Waals surface area contributed by atoms with Gasteiger partial charge in [-0.05, 0) is 7.05 Å². The van der Waals surface area contributed by atoms with E-state index in [9.17, 15) is 10.0 Å². The summed E-state index contributed by atoms with van der Waals surface area (Å²) in [4.78, 5) is 11.2. The van der Waals surface area contributed by atoms with Gasteiger partial charge in [0, 0.05) is 20.4 Å². The summed E-state index contributed by atoms with van der Waals surface area (Å²) in [5.41, 5.74) is 0.00926. The molecular formula is C8H14NO5-. The van der Waals surface area contributed by atoms with E-state index in [1.165, 1.54) is 28.4 Å². The molecule has 0 amide bonds. The summed E-state index contributed by atoms with van der Waals surface area (Å²) >= 11 is 0. The van der Waals surface area contributed by atoms with Gasteiger partial charge in [-0.25, -0.2) is 4.79 Å². The zero-order chi connectivity index (χ0) is 11.1. The minimum Gasteiger partial charge on any atom is -0.759 e. The Hall–Kier alpha value is -1.11. The normalized spacial score (nSPS) is 11.7. The minimum atomic E-state index is -0.904. The van der Waals surface area contributed by atoms with Crippen LogP contribution in [0.1, 0.15) is 0 Å². The van der Waals surface area contributed by atoms with Gasteiger partial charge in [-0.2, -0.15) is 0 Å². The molecule has 0 radical (unpaired) electrons. The first-order valence-electron chi connectivity index (χ1n) is 3.82. The summed E-state index contributed by atoms with van der Waals surface area (Å²) in [6.45, 7) is 0. The lowest BCUT2D eigenvalue weighted by atomic mass is 10.3. The third-order valence-electron chi connectivity index (χ3n) is 1.42. The predicted octanol–water partition coefficient (Wildman–Crippen LogP) is 0.0918. The van der Waals surface area contributed by atoms with Crippen LogP contribution in [0.5, 0.6) is 0 Å². The third kappa shape index (κ3) is 3.73. The van der Waals surface area contributed by atoms with E-state index in [1.54, 1.807) is 0 Å². The number of esters is 1.